The minimum absolute atomic E-state index is 0.00111. The average molecular weight is 493 g/mol. The molecule has 6 nitrogen and oxygen atoms in total. The number of para-hydroxylation sites is 1. The normalized spacial score (nSPS) is 11.1. The van der Waals surface area contributed by atoms with Gasteiger partial charge in [0.25, 0.3) is 5.56 Å². The first-order valence-corrected chi connectivity index (χ1v) is 13.3. The van der Waals surface area contributed by atoms with Crippen LogP contribution < -0.4 is 10.5 Å². The van der Waals surface area contributed by atoms with Crippen molar-refractivity contribution < 1.29 is 4.79 Å². The van der Waals surface area contributed by atoms with Crippen molar-refractivity contribution in [3.63, 3.8) is 0 Å². The topological polar surface area (TPSA) is 68.1 Å². The highest BCUT2D eigenvalue weighted by molar-refractivity contribution is 7.98. The third kappa shape index (κ3) is 5.23. The molecule has 0 spiro atoms. The van der Waals surface area contributed by atoms with Crippen molar-refractivity contribution in [1.29, 1.82) is 0 Å². The van der Waals surface area contributed by atoms with Crippen LogP contribution in [0.15, 0.2) is 63.9 Å². The summed E-state index contributed by atoms with van der Waals surface area (Å²) >= 11 is 2.95. The zero-order valence-electron chi connectivity index (χ0n) is 19.7. The van der Waals surface area contributed by atoms with E-state index in [4.69, 9.17) is 9.97 Å². The van der Waals surface area contributed by atoms with Crippen molar-refractivity contribution in [1.82, 2.24) is 14.5 Å². The van der Waals surface area contributed by atoms with Crippen molar-refractivity contribution in [3.05, 3.63) is 75.5 Å². The number of benzene rings is 2. The quantitative estimate of drug-likeness (QED) is 0.206. The van der Waals surface area contributed by atoms with Gasteiger partial charge in [-0.05, 0) is 42.7 Å². The molecule has 0 aliphatic heterocycles. The van der Waals surface area contributed by atoms with Gasteiger partial charge in [-0.2, -0.15) is 0 Å². The van der Waals surface area contributed by atoms with Gasteiger partial charge in [0, 0.05) is 24.6 Å². The molecule has 1 amide bonds. The Hall–Kier alpha value is -2.97. The van der Waals surface area contributed by atoms with Crippen molar-refractivity contribution in [2.75, 3.05) is 4.90 Å². The summed E-state index contributed by atoms with van der Waals surface area (Å²) in [5.41, 5.74) is 3.59. The second-order valence-corrected chi connectivity index (χ2v) is 9.79. The van der Waals surface area contributed by atoms with E-state index in [1.807, 2.05) is 53.9 Å². The number of anilines is 2. The summed E-state index contributed by atoms with van der Waals surface area (Å²) < 4.78 is 1.78. The van der Waals surface area contributed by atoms with Crippen molar-refractivity contribution in [2.45, 2.75) is 57.5 Å². The smallest absolute Gasteiger partial charge is 0.262 e. The molecule has 0 fully saturated rings. The molecule has 2 aromatic carbocycles. The van der Waals surface area contributed by atoms with Crippen LogP contribution in [0, 0.1) is 0 Å². The monoisotopic (exact) mass is 492 g/mol. The Balaban J connectivity index is 1.58. The first-order valence-electron chi connectivity index (χ1n) is 11.5. The maximum atomic E-state index is 13.1. The number of rotatable bonds is 9. The second kappa shape index (κ2) is 11.0. The lowest BCUT2D eigenvalue weighted by Gasteiger charge is -2.18. The summed E-state index contributed by atoms with van der Waals surface area (Å²) in [4.78, 5) is 36.7. The minimum Gasteiger partial charge on any atom is -0.287 e. The predicted molar refractivity (Wildman–Crippen MR) is 141 cm³/mol. The number of nitrogens with zero attached hydrogens (tertiary/aromatic N) is 4. The lowest BCUT2D eigenvalue weighted by atomic mass is 10.1. The van der Waals surface area contributed by atoms with Crippen LogP contribution in [0.4, 0.5) is 10.8 Å². The molecule has 0 bridgehead atoms. The van der Waals surface area contributed by atoms with Crippen LogP contribution in [-0.4, -0.2) is 20.4 Å². The molecule has 2 aromatic heterocycles. The maximum absolute atomic E-state index is 13.1. The van der Waals surface area contributed by atoms with Gasteiger partial charge < -0.3 is 0 Å². The van der Waals surface area contributed by atoms with Crippen LogP contribution >= 0.6 is 23.1 Å². The molecule has 176 valence electrons. The van der Waals surface area contributed by atoms with Gasteiger partial charge in [0.05, 0.1) is 22.3 Å². The van der Waals surface area contributed by atoms with Gasteiger partial charge >= 0.3 is 0 Å². The number of amides is 1. The number of fused-ring (bicyclic) bond motifs is 1. The van der Waals surface area contributed by atoms with Crippen molar-refractivity contribution >= 4 is 50.7 Å². The molecular formula is C26H28N4O2S2. The maximum Gasteiger partial charge on any atom is 0.262 e. The van der Waals surface area contributed by atoms with Crippen LogP contribution in [0.3, 0.4) is 0 Å². The largest absolute Gasteiger partial charge is 0.287 e. The van der Waals surface area contributed by atoms with E-state index in [2.05, 4.69) is 13.8 Å². The molecule has 8 heteroatoms. The van der Waals surface area contributed by atoms with Gasteiger partial charge in [-0.15, -0.1) is 11.3 Å². The van der Waals surface area contributed by atoms with Gasteiger partial charge in [0.2, 0.25) is 5.91 Å². The molecule has 0 saturated heterocycles. The van der Waals surface area contributed by atoms with Gasteiger partial charge in [0.15, 0.2) is 10.3 Å². The van der Waals surface area contributed by atoms with Crippen LogP contribution in [0.1, 0.15) is 44.9 Å². The van der Waals surface area contributed by atoms with E-state index in [0.717, 1.165) is 30.6 Å². The number of carbonyl (C=O) groups is 1. The standard InChI is InChI=1S/C26H28N4O2S2/c1-4-6-15-29-24(32)22-9-7-8-10-23(22)28-25(29)33-16-20-17-34-26(27-20)30(18(3)31)21-13-11-19(5-2)12-14-21/h7-14,17H,4-6,15-16H2,1-3H3. The van der Waals surface area contributed by atoms with Crippen LogP contribution in [0.25, 0.3) is 10.9 Å². The number of aromatic nitrogens is 3. The van der Waals surface area contributed by atoms with Crippen molar-refractivity contribution in [2.24, 2.45) is 0 Å². The van der Waals surface area contributed by atoms with E-state index in [1.165, 1.54) is 28.7 Å². The van der Waals surface area contributed by atoms with Gasteiger partial charge in [-0.3, -0.25) is 19.1 Å². The Morgan fingerprint density at radius 2 is 1.85 bits per heavy atom. The summed E-state index contributed by atoms with van der Waals surface area (Å²) in [7, 11) is 0. The predicted octanol–water partition coefficient (Wildman–Crippen LogP) is 6.19. The first kappa shape index (κ1) is 24.2. The Labute approximate surface area is 207 Å². The lowest BCUT2D eigenvalue weighted by molar-refractivity contribution is -0.115. The average Bonchev–Trinajstić information content (AvgIpc) is 3.31. The molecule has 4 rings (SSSR count). The fraction of sp³-hybridized carbons (Fsp3) is 0.308. The Bertz CT molecular complexity index is 1350. The third-order valence-corrected chi connectivity index (χ3v) is 7.44. The molecule has 0 N–H and O–H groups in total. The molecule has 0 atom stereocenters. The highest BCUT2D eigenvalue weighted by atomic mass is 32.2. The summed E-state index contributed by atoms with van der Waals surface area (Å²) in [5.74, 6) is 0.482. The number of unbranched alkanes of at least 4 members (excludes halogenated alkanes) is 1. The first-order chi connectivity index (χ1) is 16.5. The second-order valence-electron chi connectivity index (χ2n) is 8.01. The third-order valence-electron chi connectivity index (χ3n) is 5.56. The molecule has 0 saturated carbocycles. The molecule has 2 heterocycles. The number of hydrogen-bond acceptors (Lipinski definition) is 6. The SMILES string of the molecule is CCCCn1c(SCc2csc(N(C(C)=O)c3ccc(CC)cc3)n2)nc2ccccc2c1=O. The van der Waals surface area contributed by atoms with Gasteiger partial charge in [-0.1, -0.05) is 56.3 Å². The summed E-state index contributed by atoms with van der Waals surface area (Å²) in [6.45, 7) is 6.41. The minimum atomic E-state index is -0.0811. The summed E-state index contributed by atoms with van der Waals surface area (Å²) in [6, 6.07) is 15.5. The van der Waals surface area contributed by atoms with Crippen LogP contribution in [0.5, 0.6) is 0 Å². The number of thiazole rings is 1. The number of carbonyl (C=O) groups excluding carboxylic acids is 1. The number of aryl methyl sites for hydroxylation is 1. The van der Waals surface area contributed by atoms with E-state index < -0.39 is 0 Å². The van der Waals surface area contributed by atoms with Crippen molar-refractivity contribution in [3.8, 4) is 0 Å². The Kier molecular flexibility index (Phi) is 7.80. The van der Waals surface area contributed by atoms with E-state index in [1.54, 1.807) is 16.4 Å². The molecule has 0 aliphatic carbocycles. The lowest BCUT2D eigenvalue weighted by Crippen LogP contribution is -2.23. The fourth-order valence-corrected chi connectivity index (χ4v) is 5.59. The highest BCUT2D eigenvalue weighted by Gasteiger charge is 2.19. The van der Waals surface area contributed by atoms with Crippen LogP contribution in [0.2, 0.25) is 0 Å². The number of hydrogen-bond donors (Lipinski definition) is 0. The molecular weight excluding hydrogens is 464 g/mol. The summed E-state index contributed by atoms with van der Waals surface area (Å²) in [5, 5.41) is 3.95. The Morgan fingerprint density at radius 3 is 2.56 bits per heavy atom. The van der Waals surface area contributed by atoms with E-state index in [9.17, 15) is 9.59 Å². The molecule has 0 radical (unpaired) electrons. The highest BCUT2D eigenvalue weighted by Crippen LogP contribution is 2.31. The van der Waals surface area contributed by atoms with E-state index in [-0.39, 0.29) is 11.5 Å². The fourth-order valence-electron chi connectivity index (χ4n) is 3.68. The number of thioether (sulfide) groups is 1. The molecule has 0 aliphatic rings. The van der Waals surface area contributed by atoms with E-state index >= 15 is 0 Å². The van der Waals surface area contributed by atoms with Gasteiger partial charge in [0.1, 0.15) is 0 Å². The van der Waals surface area contributed by atoms with Gasteiger partial charge in [-0.25, -0.2) is 9.97 Å². The van der Waals surface area contributed by atoms with Crippen LogP contribution in [-0.2, 0) is 23.5 Å². The zero-order chi connectivity index (χ0) is 24.1. The summed E-state index contributed by atoms with van der Waals surface area (Å²) in [6.07, 6.45) is 2.86. The zero-order valence-corrected chi connectivity index (χ0v) is 21.3. The molecule has 34 heavy (non-hydrogen) atoms. The molecule has 4 aromatic rings. The Morgan fingerprint density at radius 1 is 1.09 bits per heavy atom. The molecule has 0 unspecified atom stereocenters. The van der Waals surface area contributed by atoms with E-state index in [0.29, 0.717) is 33.5 Å².